The van der Waals surface area contributed by atoms with Gasteiger partial charge in [-0.3, -0.25) is 4.79 Å². The van der Waals surface area contributed by atoms with Gasteiger partial charge in [-0.05, 0) is 25.8 Å². The molecule has 2 heterocycles. The number of likely N-dealkylation sites (tertiary alicyclic amines) is 1. The number of piperidine rings is 1. The highest BCUT2D eigenvalue weighted by molar-refractivity contribution is 5.76. The van der Waals surface area contributed by atoms with Gasteiger partial charge < -0.3 is 14.7 Å². The van der Waals surface area contributed by atoms with Crippen LogP contribution in [0.3, 0.4) is 0 Å². The van der Waals surface area contributed by atoms with Gasteiger partial charge in [0.05, 0.1) is 0 Å². The summed E-state index contributed by atoms with van der Waals surface area (Å²) in [6, 6.07) is 0. The Morgan fingerprint density at radius 2 is 2.42 bits per heavy atom. The van der Waals surface area contributed by atoms with E-state index in [-0.39, 0.29) is 5.91 Å². The van der Waals surface area contributed by atoms with Crippen LogP contribution in [0.5, 0.6) is 0 Å². The summed E-state index contributed by atoms with van der Waals surface area (Å²) in [6.07, 6.45) is 3.56. The van der Waals surface area contributed by atoms with Crippen molar-refractivity contribution >= 4 is 5.91 Å². The van der Waals surface area contributed by atoms with E-state index in [1.54, 1.807) is 6.92 Å². The van der Waals surface area contributed by atoms with Gasteiger partial charge in [0.15, 0.2) is 5.82 Å². The van der Waals surface area contributed by atoms with Gasteiger partial charge in [-0.2, -0.15) is 4.98 Å². The van der Waals surface area contributed by atoms with Crippen molar-refractivity contribution in [2.75, 3.05) is 26.7 Å². The van der Waals surface area contributed by atoms with Crippen LogP contribution in [0.2, 0.25) is 0 Å². The number of nitrogens with one attached hydrogen (secondary N) is 1. The Kier molecular flexibility index (Phi) is 4.90. The maximum atomic E-state index is 12.0. The molecule has 0 spiro atoms. The van der Waals surface area contributed by atoms with Crippen molar-refractivity contribution in [1.29, 1.82) is 0 Å². The summed E-state index contributed by atoms with van der Waals surface area (Å²) < 4.78 is 4.98. The van der Waals surface area contributed by atoms with Gasteiger partial charge in [0.25, 0.3) is 0 Å². The van der Waals surface area contributed by atoms with E-state index in [9.17, 15) is 4.79 Å². The smallest absolute Gasteiger partial charge is 0.223 e. The first-order chi connectivity index (χ1) is 9.19. The Hall–Kier alpha value is -1.43. The van der Waals surface area contributed by atoms with Crippen LogP contribution in [-0.4, -0.2) is 47.6 Å². The van der Waals surface area contributed by atoms with Crippen molar-refractivity contribution in [3.8, 4) is 0 Å². The monoisotopic (exact) mass is 266 g/mol. The van der Waals surface area contributed by atoms with Crippen LogP contribution in [-0.2, 0) is 11.2 Å². The molecule has 1 saturated heterocycles. The second kappa shape index (κ2) is 6.65. The van der Waals surface area contributed by atoms with Gasteiger partial charge in [0, 0.05) is 39.4 Å². The number of hydrogen-bond acceptors (Lipinski definition) is 5. The zero-order chi connectivity index (χ0) is 13.7. The normalized spacial score (nSPS) is 19.7. The molecule has 0 bridgehead atoms. The lowest BCUT2D eigenvalue weighted by Crippen LogP contribution is -2.41. The van der Waals surface area contributed by atoms with Crippen molar-refractivity contribution < 1.29 is 9.32 Å². The van der Waals surface area contributed by atoms with Crippen LogP contribution in [0, 0.1) is 12.8 Å². The molecule has 1 atom stereocenters. The molecule has 1 aromatic rings. The first kappa shape index (κ1) is 14.0. The van der Waals surface area contributed by atoms with Crippen LogP contribution >= 0.6 is 0 Å². The third kappa shape index (κ3) is 4.02. The van der Waals surface area contributed by atoms with Gasteiger partial charge in [-0.1, -0.05) is 5.16 Å². The predicted octanol–water partition coefficient (Wildman–Crippen LogP) is 0.769. The average molecular weight is 266 g/mol. The first-order valence-corrected chi connectivity index (χ1v) is 6.90. The van der Waals surface area contributed by atoms with Crippen molar-refractivity contribution in [3.63, 3.8) is 0 Å². The molecule has 1 fully saturated rings. The van der Waals surface area contributed by atoms with Crippen molar-refractivity contribution in [3.05, 3.63) is 11.7 Å². The SMILES string of the molecule is CNCCC(=O)N1CCCC(Cc2noc(C)n2)C1. The minimum Gasteiger partial charge on any atom is -0.342 e. The van der Waals surface area contributed by atoms with Crippen molar-refractivity contribution in [2.45, 2.75) is 32.6 Å². The molecule has 0 saturated carbocycles. The Morgan fingerprint density at radius 3 is 3.11 bits per heavy atom. The fourth-order valence-electron chi connectivity index (χ4n) is 2.53. The van der Waals surface area contributed by atoms with Gasteiger partial charge in [0.2, 0.25) is 11.8 Å². The highest BCUT2D eigenvalue weighted by Crippen LogP contribution is 2.20. The quantitative estimate of drug-likeness (QED) is 0.852. The lowest BCUT2D eigenvalue weighted by Gasteiger charge is -2.32. The first-order valence-electron chi connectivity index (χ1n) is 6.90. The summed E-state index contributed by atoms with van der Waals surface area (Å²) in [5, 5.41) is 6.94. The van der Waals surface area contributed by atoms with Crippen molar-refractivity contribution in [1.82, 2.24) is 20.4 Å². The molecule has 0 aliphatic carbocycles. The number of aromatic nitrogens is 2. The molecular weight excluding hydrogens is 244 g/mol. The summed E-state index contributed by atoms with van der Waals surface area (Å²) >= 11 is 0. The summed E-state index contributed by atoms with van der Waals surface area (Å²) in [7, 11) is 1.87. The zero-order valence-corrected chi connectivity index (χ0v) is 11.7. The van der Waals surface area contributed by atoms with E-state index in [2.05, 4.69) is 15.5 Å². The molecule has 1 N–H and O–H groups in total. The number of rotatable bonds is 5. The van der Waals surface area contributed by atoms with Crippen LogP contribution in [0.15, 0.2) is 4.52 Å². The Labute approximate surface area is 113 Å². The largest absolute Gasteiger partial charge is 0.342 e. The van der Waals surface area contributed by atoms with E-state index >= 15 is 0 Å². The van der Waals surface area contributed by atoms with Crippen LogP contribution in [0.1, 0.15) is 31.0 Å². The van der Waals surface area contributed by atoms with Gasteiger partial charge in [-0.15, -0.1) is 0 Å². The molecule has 0 aromatic carbocycles. The fourth-order valence-corrected chi connectivity index (χ4v) is 2.53. The second-order valence-corrected chi connectivity index (χ2v) is 5.14. The van der Waals surface area contributed by atoms with E-state index in [4.69, 9.17) is 4.52 Å². The zero-order valence-electron chi connectivity index (χ0n) is 11.7. The Balaban J connectivity index is 1.84. The highest BCUT2D eigenvalue weighted by atomic mass is 16.5. The van der Waals surface area contributed by atoms with Crippen LogP contribution in [0.4, 0.5) is 0 Å². The molecule has 1 aliphatic heterocycles. The molecule has 6 heteroatoms. The summed E-state index contributed by atoms with van der Waals surface area (Å²) in [5.41, 5.74) is 0. The summed E-state index contributed by atoms with van der Waals surface area (Å²) in [5.74, 6) is 2.05. The molecule has 2 rings (SSSR count). The predicted molar refractivity (Wildman–Crippen MR) is 70.6 cm³/mol. The maximum absolute atomic E-state index is 12.0. The molecule has 6 nitrogen and oxygen atoms in total. The molecule has 0 radical (unpaired) electrons. The number of hydrogen-bond donors (Lipinski definition) is 1. The topological polar surface area (TPSA) is 71.3 Å². The van der Waals surface area contributed by atoms with E-state index in [1.807, 2.05) is 11.9 Å². The van der Waals surface area contributed by atoms with Crippen LogP contribution in [0.25, 0.3) is 0 Å². The van der Waals surface area contributed by atoms with Gasteiger partial charge in [0.1, 0.15) is 0 Å². The molecule has 19 heavy (non-hydrogen) atoms. The lowest BCUT2D eigenvalue weighted by atomic mass is 9.94. The second-order valence-electron chi connectivity index (χ2n) is 5.14. The minimum absolute atomic E-state index is 0.239. The van der Waals surface area contributed by atoms with Crippen molar-refractivity contribution in [2.24, 2.45) is 5.92 Å². The van der Waals surface area contributed by atoms with E-state index in [0.29, 0.717) is 18.2 Å². The van der Waals surface area contributed by atoms with E-state index in [0.717, 1.165) is 44.7 Å². The number of aryl methyl sites for hydroxylation is 1. The Morgan fingerprint density at radius 1 is 1.58 bits per heavy atom. The number of nitrogens with zero attached hydrogens (tertiary/aromatic N) is 3. The number of carbonyl (C=O) groups is 1. The molecule has 1 aliphatic rings. The number of amides is 1. The third-order valence-electron chi connectivity index (χ3n) is 3.50. The van der Waals surface area contributed by atoms with Gasteiger partial charge >= 0.3 is 0 Å². The molecule has 106 valence electrons. The lowest BCUT2D eigenvalue weighted by molar-refractivity contribution is -0.132. The summed E-state index contributed by atoms with van der Waals surface area (Å²) in [4.78, 5) is 18.2. The third-order valence-corrected chi connectivity index (χ3v) is 3.50. The van der Waals surface area contributed by atoms with E-state index in [1.165, 1.54) is 0 Å². The molecular formula is C13H22N4O2. The minimum atomic E-state index is 0.239. The fraction of sp³-hybridized carbons (Fsp3) is 0.769. The highest BCUT2D eigenvalue weighted by Gasteiger charge is 2.24. The van der Waals surface area contributed by atoms with Crippen LogP contribution < -0.4 is 5.32 Å². The molecule has 1 unspecified atom stereocenters. The maximum Gasteiger partial charge on any atom is 0.223 e. The molecule has 1 amide bonds. The number of carbonyl (C=O) groups excluding carboxylic acids is 1. The average Bonchev–Trinajstić information content (AvgIpc) is 2.81. The van der Waals surface area contributed by atoms with Gasteiger partial charge in [-0.25, -0.2) is 0 Å². The Bertz CT molecular complexity index is 419. The summed E-state index contributed by atoms with van der Waals surface area (Å²) in [6.45, 7) is 4.23. The van der Waals surface area contributed by atoms with E-state index < -0.39 is 0 Å². The standard InChI is InChI=1S/C13H22N4O2/c1-10-15-12(16-19-10)8-11-4-3-7-17(9-11)13(18)5-6-14-2/h11,14H,3-9H2,1-2H3. The molecule has 1 aromatic heterocycles.